The first-order chi connectivity index (χ1) is 20.2. The Morgan fingerprint density at radius 3 is 1.33 bits per heavy atom. The minimum Gasteiger partial charge on any atom is -0.355 e. The van der Waals surface area contributed by atoms with Crippen LogP contribution in [0.4, 0.5) is 22.7 Å². The van der Waals surface area contributed by atoms with E-state index in [-0.39, 0.29) is 0 Å². The van der Waals surface area contributed by atoms with Gasteiger partial charge in [-0.2, -0.15) is 0 Å². The summed E-state index contributed by atoms with van der Waals surface area (Å²) in [5, 5.41) is 7.44. The highest BCUT2D eigenvalue weighted by molar-refractivity contribution is 5.89. The van der Waals surface area contributed by atoms with Gasteiger partial charge in [-0.05, 0) is 117 Å². The Bertz CT molecular complexity index is 1670. The Hall–Kier alpha value is -4.04. The molecule has 0 amide bonds. The van der Waals surface area contributed by atoms with Crippen LogP contribution >= 0.6 is 0 Å². The summed E-state index contributed by atoms with van der Waals surface area (Å²) < 4.78 is 0. The van der Waals surface area contributed by atoms with E-state index in [0.717, 1.165) is 12.8 Å². The quantitative estimate of drug-likeness (QED) is 0.206. The molecule has 0 aliphatic carbocycles. The highest BCUT2D eigenvalue weighted by atomic mass is 14.9. The summed E-state index contributed by atoms with van der Waals surface area (Å²) >= 11 is 0. The Morgan fingerprint density at radius 2 is 0.786 bits per heavy atom. The normalized spacial score (nSPS) is 14.6. The summed E-state index contributed by atoms with van der Waals surface area (Å²) in [5.74, 6) is 2.02. The summed E-state index contributed by atoms with van der Waals surface area (Å²) in [6.07, 6.45) is 11.3. The second-order valence-electron chi connectivity index (χ2n) is 13.0. The van der Waals surface area contributed by atoms with E-state index in [1.165, 1.54) is 67.3 Å². The fraction of sp³-hybridized carbons (Fsp3) is 0.300. The molecule has 4 aromatic carbocycles. The lowest BCUT2D eigenvalue weighted by molar-refractivity contribution is 0.574. The van der Waals surface area contributed by atoms with E-state index >= 15 is 0 Å². The second kappa shape index (κ2) is 11.7. The lowest BCUT2D eigenvalue weighted by atomic mass is 9.88. The molecule has 4 aromatic rings. The average molecular weight is 553 g/mol. The van der Waals surface area contributed by atoms with E-state index in [1.807, 2.05) is 0 Å². The molecule has 2 unspecified atom stereocenters. The third-order valence-corrected chi connectivity index (χ3v) is 9.23. The lowest BCUT2D eigenvalue weighted by Crippen LogP contribution is -2.02. The molecule has 214 valence electrons. The maximum atomic E-state index is 3.73. The van der Waals surface area contributed by atoms with Crippen molar-refractivity contribution in [3.8, 4) is 0 Å². The zero-order valence-electron chi connectivity index (χ0n) is 26.0. The van der Waals surface area contributed by atoms with Crippen LogP contribution in [0.3, 0.4) is 0 Å². The van der Waals surface area contributed by atoms with E-state index in [1.54, 1.807) is 0 Å². The molecule has 0 aromatic heterocycles. The number of nitrogens with one attached hydrogen (secondary N) is 2. The van der Waals surface area contributed by atoms with Crippen LogP contribution in [0, 0.1) is 0 Å². The van der Waals surface area contributed by atoms with Gasteiger partial charge in [0.1, 0.15) is 0 Å². The van der Waals surface area contributed by atoms with Crippen LogP contribution in [-0.2, 0) is 0 Å². The molecule has 2 atom stereocenters. The molecule has 2 nitrogen and oxygen atoms in total. The monoisotopic (exact) mass is 552 g/mol. The molecule has 2 aliphatic heterocycles. The van der Waals surface area contributed by atoms with Crippen LogP contribution in [0.25, 0.3) is 24.3 Å². The zero-order valence-corrected chi connectivity index (χ0v) is 26.0. The molecule has 2 heterocycles. The van der Waals surface area contributed by atoms with Gasteiger partial charge in [-0.1, -0.05) is 102 Å². The van der Waals surface area contributed by atoms with Crippen molar-refractivity contribution in [2.24, 2.45) is 0 Å². The molecule has 0 fully saturated rings. The lowest BCUT2D eigenvalue weighted by Gasteiger charge is -2.19. The molecular weight excluding hydrogens is 508 g/mol. The van der Waals surface area contributed by atoms with E-state index < -0.39 is 0 Å². The first-order valence-electron chi connectivity index (χ1n) is 15.7. The van der Waals surface area contributed by atoms with Crippen molar-refractivity contribution in [1.29, 1.82) is 0 Å². The SMILES string of the molecule is CC(C)c1ccc2c(c1)C=Cc1ccc(C(C)CCC(C)c3ccc4c(c3)C=Cc3ccc(C(C)C)cc3N4)cc1N2. The number of benzene rings is 4. The van der Waals surface area contributed by atoms with Crippen molar-refractivity contribution in [2.75, 3.05) is 10.6 Å². The van der Waals surface area contributed by atoms with Crippen LogP contribution in [-0.4, -0.2) is 0 Å². The van der Waals surface area contributed by atoms with Crippen molar-refractivity contribution >= 4 is 47.1 Å². The molecule has 0 saturated heterocycles. The summed E-state index contributed by atoms with van der Waals surface area (Å²) in [5.41, 5.74) is 15.3. The average Bonchev–Trinajstić information content (AvgIpc) is 3.29. The molecule has 0 saturated carbocycles. The minimum atomic E-state index is 0.488. The standard InChI is InChI=1S/C40H44N2/c1-25(2)31-17-19-37-35(21-31)15-11-30-10-14-34(24-40(30)42-37)28(6)8-7-27(5)33-18-20-38-36(22-33)16-12-29-9-13-32(26(3)4)23-39(29)41-38/h9-28,41-42H,7-8H2,1-6H3. The smallest absolute Gasteiger partial charge is 0.0460 e. The van der Waals surface area contributed by atoms with Gasteiger partial charge in [-0.25, -0.2) is 0 Å². The third kappa shape index (κ3) is 5.81. The highest BCUT2D eigenvalue weighted by Crippen LogP contribution is 2.37. The van der Waals surface area contributed by atoms with Crippen molar-refractivity contribution in [1.82, 2.24) is 0 Å². The first-order valence-corrected chi connectivity index (χ1v) is 15.7. The van der Waals surface area contributed by atoms with Gasteiger partial charge in [0.25, 0.3) is 0 Å². The molecule has 0 bridgehead atoms. The Balaban J connectivity index is 1.13. The predicted molar refractivity (Wildman–Crippen MR) is 184 cm³/mol. The molecule has 2 N–H and O–H groups in total. The minimum absolute atomic E-state index is 0.488. The maximum absolute atomic E-state index is 3.73. The van der Waals surface area contributed by atoms with Gasteiger partial charge in [0.15, 0.2) is 0 Å². The first kappa shape index (κ1) is 28.1. The number of hydrogen-bond acceptors (Lipinski definition) is 2. The zero-order chi connectivity index (χ0) is 29.4. The van der Waals surface area contributed by atoms with Gasteiger partial charge in [0.05, 0.1) is 0 Å². The van der Waals surface area contributed by atoms with Crippen molar-refractivity contribution in [3.05, 3.63) is 117 Å². The summed E-state index contributed by atoms with van der Waals surface area (Å²) in [6.45, 7) is 13.7. The fourth-order valence-electron chi connectivity index (χ4n) is 6.13. The van der Waals surface area contributed by atoms with Crippen LogP contribution in [0.5, 0.6) is 0 Å². The van der Waals surface area contributed by atoms with E-state index in [4.69, 9.17) is 0 Å². The fourth-order valence-corrected chi connectivity index (χ4v) is 6.13. The van der Waals surface area contributed by atoms with Gasteiger partial charge in [0.2, 0.25) is 0 Å². The number of rotatable bonds is 7. The number of anilines is 4. The van der Waals surface area contributed by atoms with Gasteiger partial charge in [-0.3, -0.25) is 0 Å². The second-order valence-corrected chi connectivity index (χ2v) is 13.0. The summed E-state index contributed by atoms with van der Waals surface area (Å²) in [7, 11) is 0. The van der Waals surface area contributed by atoms with E-state index in [9.17, 15) is 0 Å². The Morgan fingerprint density at radius 1 is 0.405 bits per heavy atom. The van der Waals surface area contributed by atoms with Crippen LogP contribution in [0.15, 0.2) is 72.8 Å². The van der Waals surface area contributed by atoms with E-state index in [0.29, 0.717) is 23.7 Å². The number of hydrogen-bond donors (Lipinski definition) is 2. The third-order valence-electron chi connectivity index (χ3n) is 9.23. The van der Waals surface area contributed by atoms with E-state index in [2.05, 4.69) is 149 Å². The topological polar surface area (TPSA) is 24.1 Å². The van der Waals surface area contributed by atoms with Gasteiger partial charge in [-0.15, -0.1) is 0 Å². The van der Waals surface area contributed by atoms with Crippen LogP contribution in [0.1, 0.15) is 123 Å². The number of fused-ring (bicyclic) bond motifs is 4. The predicted octanol–water partition coefficient (Wildman–Crippen LogP) is 12.1. The Labute approximate surface area is 252 Å². The van der Waals surface area contributed by atoms with Crippen molar-refractivity contribution < 1.29 is 0 Å². The molecule has 0 spiro atoms. The summed E-state index contributed by atoms with van der Waals surface area (Å²) in [6, 6.07) is 27.5. The van der Waals surface area contributed by atoms with Gasteiger partial charge >= 0.3 is 0 Å². The van der Waals surface area contributed by atoms with Crippen molar-refractivity contribution in [3.63, 3.8) is 0 Å². The molecule has 2 aliphatic rings. The summed E-state index contributed by atoms with van der Waals surface area (Å²) in [4.78, 5) is 0. The molecule has 2 heteroatoms. The van der Waals surface area contributed by atoms with Gasteiger partial charge in [0, 0.05) is 22.7 Å². The highest BCUT2D eigenvalue weighted by Gasteiger charge is 2.17. The largest absolute Gasteiger partial charge is 0.355 e. The van der Waals surface area contributed by atoms with Crippen molar-refractivity contribution in [2.45, 2.75) is 78.1 Å². The molecule has 6 rings (SSSR count). The molecule has 0 radical (unpaired) electrons. The maximum Gasteiger partial charge on any atom is 0.0460 e. The van der Waals surface area contributed by atoms with Crippen LogP contribution in [0.2, 0.25) is 0 Å². The Kier molecular flexibility index (Phi) is 7.82. The van der Waals surface area contributed by atoms with Gasteiger partial charge < -0.3 is 10.6 Å². The van der Waals surface area contributed by atoms with Crippen LogP contribution < -0.4 is 10.6 Å². The molecule has 42 heavy (non-hydrogen) atoms. The molecular formula is C40H44N2.